The van der Waals surface area contributed by atoms with E-state index in [4.69, 9.17) is 9.84 Å². The van der Waals surface area contributed by atoms with Crippen molar-refractivity contribution in [2.45, 2.75) is 52.5 Å². The SMILES string of the molecule is CCCCCCOc1cccc(C(=O)NC(C(=O)O)C(C)C)c1. The fourth-order valence-electron chi connectivity index (χ4n) is 2.18. The third kappa shape index (κ3) is 6.72. The molecule has 0 aromatic heterocycles. The molecular formula is C18H27NO4. The van der Waals surface area contributed by atoms with E-state index >= 15 is 0 Å². The van der Waals surface area contributed by atoms with Crippen molar-refractivity contribution in [2.75, 3.05) is 6.61 Å². The Morgan fingerprint density at radius 2 is 1.96 bits per heavy atom. The van der Waals surface area contributed by atoms with Crippen LogP contribution in [0.4, 0.5) is 0 Å². The number of carboxylic acids is 1. The Bertz CT molecular complexity index is 513. The summed E-state index contributed by atoms with van der Waals surface area (Å²) in [5, 5.41) is 11.7. The number of hydrogen-bond acceptors (Lipinski definition) is 3. The Hall–Kier alpha value is -2.04. The second-order valence-corrected chi connectivity index (χ2v) is 5.97. The van der Waals surface area contributed by atoms with E-state index in [2.05, 4.69) is 12.2 Å². The lowest BCUT2D eigenvalue weighted by Crippen LogP contribution is -2.44. The molecule has 0 radical (unpaired) electrons. The third-order valence-corrected chi connectivity index (χ3v) is 3.58. The average molecular weight is 321 g/mol. The largest absolute Gasteiger partial charge is 0.494 e. The molecule has 0 saturated heterocycles. The molecule has 0 aliphatic rings. The van der Waals surface area contributed by atoms with E-state index in [1.807, 2.05) is 0 Å². The van der Waals surface area contributed by atoms with Crippen molar-refractivity contribution in [3.8, 4) is 5.75 Å². The van der Waals surface area contributed by atoms with Crippen LogP contribution in [-0.2, 0) is 4.79 Å². The Morgan fingerprint density at radius 1 is 1.22 bits per heavy atom. The van der Waals surface area contributed by atoms with E-state index in [1.54, 1.807) is 38.1 Å². The molecule has 1 unspecified atom stereocenters. The third-order valence-electron chi connectivity index (χ3n) is 3.58. The van der Waals surface area contributed by atoms with Crippen LogP contribution in [0, 0.1) is 5.92 Å². The van der Waals surface area contributed by atoms with Crippen molar-refractivity contribution in [2.24, 2.45) is 5.92 Å². The first kappa shape index (κ1) is 19.0. The molecule has 0 bridgehead atoms. The number of amides is 1. The lowest BCUT2D eigenvalue weighted by molar-refractivity contribution is -0.140. The summed E-state index contributed by atoms with van der Waals surface area (Å²) in [5.41, 5.74) is 0.406. The van der Waals surface area contributed by atoms with Crippen molar-refractivity contribution in [1.82, 2.24) is 5.32 Å². The Kier molecular flexibility index (Phi) is 8.16. The van der Waals surface area contributed by atoms with E-state index in [-0.39, 0.29) is 5.92 Å². The van der Waals surface area contributed by atoms with Gasteiger partial charge >= 0.3 is 5.97 Å². The number of carbonyl (C=O) groups is 2. The number of nitrogens with one attached hydrogen (secondary N) is 1. The first-order chi connectivity index (χ1) is 11.0. The molecular weight excluding hydrogens is 294 g/mol. The summed E-state index contributed by atoms with van der Waals surface area (Å²) in [6, 6.07) is 5.93. The molecule has 0 aliphatic carbocycles. The van der Waals surface area contributed by atoms with Crippen LogP contribution >= 0.6 is 0 Å². The van der Waals surface area contributed by atoms with E-state index < -0.39 is 17.9 Å². The number of hydrogen-bond donors (Lipinski definition) is 2. The van der Waals surface area contributed by atoms with Gasteiger partial charge in [0.25, 0.3) is 5.91 Å². The zero-order valence-corrected chi connectivity index (χ0v) is 14.2. The normalized spacial score (nSPS) is 12.0. The van der Waals surface area contributed by atoms with Gasteiger partial charge in [0.2, 0.25) is 0 Å². The molecule has 0 aliphatic heterocycles. The quantitative estimate of drug-likeness (QED) is 0.647. The van der Waals surface area contributed by atoms with Gasteiger partial charge in [-0.2, -0.15) is 0 Å². The van der Waals surface area contributed by atoms with Gasteiger partial charge in [-0.1, -0.05) is 46.1 Å². The van der Waals surface area contributed by atoms with Crippen LogP contribution < -0.4 is 10.1 Å². The lowest BCUT2D eigenvalue weighted by Gasteiger charge is -2.18. The molecule has 0 fully saturated rings. The van der Waals surface area contributed by atoms with Crippen LogP contribution in [0.15, 0.2) is 24.3 Å². The van der Waals surface area contributed by atoms with Gasteiger partial charge in [-0.15, -0.1) is 0 Å². The van der Waals surface area contributed by atoms with Crippen LogP contribution in [0.1, 0.15) is 56.8 Å². The summed E-state index contributed by atoms with van der Waals surface area (Å²) < 4.78 is 5.65. The molecule has 23 heavy (non-hydrogen) atoms. The number of aliphatic carboxylic acids is 1. The molecule has 1 atom stereocenters. The highest BCUT2D eigenvalue weighted by atomic mass is 16.5. The minimum absolute atomic E-state index is 0.186. The minimum atomic E-state index is -1.03. The van der Waals surface area contributed by atoms with Gasteiger partial charge in [0.15, 0.2) is 0 Å². The molecule has 128 valence electrons. The van der Waals surface area contributed by atoms with Gasteiger partial charge in [0.1, 0.15) is 11.8 Å². The second-order valence-electron chi connectivity index (χ2n) is 5.97. The van der Waals surface area contributed by atoms with Gasteiger partial charge in [-0.25, -0.2) is 4.79 Å². The van der Waals surface area contributed by atoms with Crippen LogP contribution in [0.5, 0.6) is 5.75 Å². The van der Waals surface area contributed by atoms with Crippen molar-refractivity contribution < 1.29 is 19.4 Å². The van der Waals surface area contributed by atoms with E-state index in [9.17, 15) is 9.59 Å². The monoisotopic (exact) mass is 321 g/mol. The van der Waals surface area contributed by atoms with Gasteiger partial charge in [0, 0.05) is 5.56 Å². The highest BCUT2D eigenvalue weighted by Crippen LogP contribution is 2.15. The molecule has 2 N–H and O–H groups in total. The first-order valence-corrected chi connectivity index (χ1v) is 8.22. The van der Waals surface area contributed by atoms with Crippen molar-refractivity contribution >= 4 is 11.9 Å². The fourth-order valence-corrected chi connectivity index (χ4v) is 2.18. The van der Waals surface area contributed by atoms with Gasteiger partial charge < -0.3 is 15.2 Å². The Balaban J connectivity index is 2.61. The number of benzene rings is 1. The summed E-state index contributed by atoms with van der Waals surface area (Å²) in [6.07, 6.45) is 4.48. The lowest BCUT2D eigenvalue weighted by atomic mass is 10.0. The average Bonchev–Trinajstić information content (AvgIpc) is 2.51. The molecule has 0 heterocycles. The van der Waals surface area contributed by atoms with Crippen LogP contribution in [0.25, 0.3) is 0 Å². The van der Waals surface area contributed by atoms with Crippen molar-refractivity contribution in [1.29, 1.82) is 0 Å². The van der Waals surface area contributed by atoms with Crippen LogP contribution in [0.2, 0.25) is 0 Å². The number of carboxylic acid groups (broad SMARTS) is 1. The first-order valence-electron chi connectivity index (χ1n) is 8.22. The zero-order chi connectivity index (χ0) is 17.2. The summed E-state index contributed by atoms with van der Waals surface area (Å²) in [5.74, 6) is -0.987. The predicted octanol–water partition coefficient (Wildman–Crippen LogP) is 3.48. The summed E-state index contributed by atoms with van der Waals surface area (Å²) in [4.78, 5) is 23.4. The van der Waals surface area contributed by atoms with Crippen LogP contribution in [0.3, 0.4) is 0 Å². The fraction of sp³-hybridized carbons (Fsp3) is 0.556. The van der Waals surface area contributed by atoms with E-state index in [0.29, 0.717) is 17.9 Å². The highest BCUT2D eigenvalue weighted by Gasteiger charge is 2.23. The molecule has 1 aromatic rings. The van der Waals surface area contributed by atoms with E-state index in [0.717, 1.165) is 12.8 Å². The van der Waals surface area contributed by atoms with Gasteiger partial charge in [0.05, 0.1) is 6.61 Å². The van der Waals surface area contributed by atoms with Crippen molar-refractivity contribution in [3.63, 3.8) is 0 Å². The van der Waals surface area contributed by atoms with Gasteiger partial charge in [-0.3, -0.25) is 4.79 Å². The summed E-state index contributed by atoms with van der Waals surface area (Å²) in [6.45, 7) is 6.29. The smallest absolute Gasteiger partial charge is 0.326 e. The number of unbranched alkanes of at least 4 members (excludes halogenated alkanes) is 3. The maximum atomic E-state index is 12.2. The zero-order valence-electron chi connectivity index (χ0n) is 14.2. The molecule has 1 amide bonds. The van der Waals surface area contributed by atoms with Crippen LogP contribution in [-0.4, -0.2) is 29.6 Å². The molecule has 0 saturated carbocycles. The summed E-state index contributed by atoms with van der Waals surface area (Å²) >= 11 is 0. The second kappa shape index (κ2) is 9.87. The standard InChI is InChI=1S/C18H27NO4/c1-4-5-6-7-11-23-15-10-8-9-14(12-15)17(20)19-16(13(2)3)18(21)22/h8-10,12-13,16H,4-7,11H2,1-3H3,(H,19,20)(H,21,22). The number of rotatable bonds is 10. The number of carbonyl (C=O) groups excluding carboxylic acids is 1. The maximum Gasteiger partial charge on any atom is 0.326 e. The molecule has 1 aromatic carbocycles. The van der Waals surface area contributed by atoms with Gasteiger partial charge in [-0.05, 0) is 30.5 Å². The predicted molar refractivity (Wildman–Crippen MR) is 89.8 cm³/mol. The highest BCUT2D eigenvalue weighted by molar-refractivity contribution is 5.96. The molecule has 1 rings (SSSR count). The Morgan fingerprint density at radius 3 is 2.57 bits per heavy atom. The molecule has 0 spiro atoms. The number of ether oxygens (including phenoxy) is 1. The summed E-state index contributed by atoms with van der Waals surface area (Å²) in [7, 11) is 0. The molecule has 5 nitrogen and oxygen atoms in total. The van der Waals surface area contributed by atoms with Crippen molar-refractivity contribution in [3.05, 3.63) is 29.8 Å². The topological polar surface area (TPSA) is 75.6 Å². The van der Waals surface area contributed by atoms with E-state index in [1.165, 1.54) is 12.8 Å². The Labute approximate surface area is 138 Å². The molecule has 5 heteroatoms. The maximum absolute atomic E-state index is 12.2. The minimum Gasteiger partial charge on any atom is -0.494 e.